The second-order valence-electron chi connectivity index (χ2n) is 7.75. The number of oxazole rings is 1. The largest absolute Gasteiger partial charge is 0.493 e. The molecule has 1 aliphatic heterocycles. The van der Waals surface area contributed by atoms with Gasteiger partial charge in [0.15, 0.2) is 23.0 Å². The Bertz CT molecular complexity index is 1490. The van der Waals surface area contributed by atoms with Crippen molar-refractivity contribution in [3.63, 3.8) is 0 Å². The fourth-order valence-electron chi connectivity index (χ4n) is 3.68. The lowest BCUT2D eigenvalue weighted by molar-refractivity contribution is 0.171. The van der Waals surface area contributed by atoms with Crippen LogP contribution in [0.2, 0.25) is 0 Å². The number of hydrogen-bond donors (Lipinski definition) is 1. The van der Waals surface area contributed by atoms with E-state index in [0.717, 1.165) is 5.56 Å². The Morgan fingerprint density at radius 3 is 2.53 bits per heavy atom. The zero-order valence-corrected chi connectivity index (χ0v) is 20.4. The lowest BCUT2D eigenvalue weighted by Gasteiger charge is -2.18. The molecule has 36 heavy (non-hydrogen) atoms. The maximum absolute atomic E-state index is 13.7. The minimum atomic E-state index is -4.10. The number of rotatable bonds is 8. The third kappa shape index (κ3) is 4.52. The molecule has 0 unspecified atom stereocenters. The Morgan fingerprint density at radius 1 is 0.972 bits per heavy atom. The second-order valence-corrected chi connectivity index (χ2v) is 9.61. The fraction of sp³-hybridized carbons (Fsp3) is 0.200. The van der Waals surface area contributed by atoms with Crippen molar-refractivity contribution in [2.24, 2.45) is 0 Å². The Morgan fingerprint density at radius 2 is 1.78 bits per heavy atom. The molecule has 0 amide bonds. The zero-order chi connectivity index (χ0) is 25.1. The first-order valence-electron chi connectivity index (χ1n) is 11.0. The van der Waals surface area contributed by atoms with E-state index in [1.165, 1.54) is 26.4 Å². The molecule has 2 aromatic carbocycles. The number of ether oxygens (including phenoxy) is 4. The Kier molecular flexibility index (Phi) is 6.38. The molecule has 1 N–H and O–H groups in total. The summed E-state index contributed by atoms with van der Waals surface area (Å²) in [6, 6.07) is 13.2. The van der Waals surface area contributed by atoms with Gasteiger partial charge in [0, 0.05) is 30.6 Å². The van der Waals surface area contributed by atoms with Crippen molar-refractivity contribution in [2.75, 3.05) is 32.8 Å². The van der Waals surface area contributed by atoms with Gasteiger partial charge in [-0.05, 0) is 42.0 Å². The minimum absolute atomic E-state index is 0.00136. The highest BCUT2D eigenvalue weighted by Crippen LogP contribution is 2.38. The van der Waals surface area contributed by atoms with Gasteiger partial charge in [-0.25, -0.2) is 8.42 Å². The maximum Gasteiger partial charge on any atom is 0.234 e. The van der Waals surface area contributed by atoms with Gasteiger partial charge in [0.25, 0.3) is 0 Å². The predicted octanol–water partition coefficient (Wildman–Crippen LogP) is 3.97. The van der Waals surface area contributed by atoms with E-state index in [0.29, 0.717) is 41.8 Å². The highest BCUT2D eigenvalue weighted by molar-refractivity contribution is 7.91. The van der Waals surface area contributed by atoms with Gasteiger partial charge < -0.3 is 28.7 Å². The van der Waals surface area contributed by atoms with Crippen LogP contribution in [0.3, 0.4) is 0 Å². The highest BCUT2D eigenvalue weighted by Gasteiger charge is 2.30. The predicted molar refractivity (Wildman–Crippen MR) is 129 cm³/mol. The van der Waals surface area contributed by atoms with Crippen molar-refractivity contribution >= 4 is 15.7 Å². The van der Waals surface area contributed by atoms with Gasteiger partial charge >= 0.3 is 0 Å². The Labute approximate surface area is 207 Å². The summed E-state index contributed by atoms with van der Waals surface area (Å²) in [5.41, 5.74) is 1.35. The number of nitrogens with zero attached hydrogens (tertiary/aromatic N) is 2. The third-order valence-corrected chi connectivity index (χ3v) is 7.14. The van der Waals surface area contributed by atoms with Crippen molar-refractivity contribution < 1.29 is 31.8 Å². The van der Waals surface area contributed by atoms with Crippen LogP contribution < -0.4 is 24.3 Å². The number of fused-ring (bicyclic) bond motifs is 1. The van der Waals surface area contributed by atoms with E-state index < -0.39 is 9.84 Å². The Hall–Kier alpha value is -4.25. The van der Waals surface area contributed by atoms with E-state index in [4.69, 9.17) is 23.4 Å². The van der Waals surface area contributed by atoms with E-state index >= 15 is 0 Å². The SMILES string of the molecule is COc1ccc(-c2nc(S(=O)(=O)c3ccc4c(c3)OCCO4)c(NCc3cccnc3)o2)cc1OC. The summed E-state index contributed by atoms with van der Waals surface area (Å²) >= 11 is 0. The molecule has 5 rings (SSSR count). The van der Waals surface area contributed by atoms with Crippen molar-refractivity contribution in [3.8, 4) is 34.5 Å². The van der Waals surface area contributed by atoms with E-state index in [1.54, 1.807) is 42.7 Å². The number of anilines is 1. The smallest absolute Gasteiger partial charge is 0.234 e. The number of benzene rings is 2. The number of pyridine rings is 1. The average molecular weight is 510 g/mol. The van der Waals surface area contributed by atoms with Gasteiger partial charge in [-0.1, -0.05) is 6.07 Å². The van der Waals surface area contributed by atoms with Crippen LogP contribution in [0.5, 0.6) is 23.0 Å². The van der Waals surface area contributed by atoms with Crippen LogP contribution in [0.25, 0.3) is 11.5 Å². The molecule has 0 bridgehead atoms. The maximum atomic E-state index is 13.7. The van der Waals surface area contributed by atoms with E-state index in [9.17, 15) is 8.42 Å². The molecule has 0 saturated carbocycles. The van der Waals surface area contributed by atoms with E-state index in [1.807, 2.05) is 6.07 Å². The third-order valence-electron chi connectivity index (χ3n) is 5.48. The van der Waals surface area contributed by atoms with Crippen molar-refractivity contribution in [2.45, 2.75) is 16.5 Å². The molecule has 0 atom stereocenters. The molecular formula is C25H23N3O7S. The molecule has 0 radical (unpaired) electrons. The summed E-state index contributed by atoms with van der Waals surface area (Å²) in [5, 5.41) is 2.79. The van der Waals surface area contributed by atoms with Gasteiger partial charge in [-0.15, -0.1) is 0 Å². The molecule has 0 spiro atoms. The van der Waals surface area contributed by atoms with Gasteiger partial charge in [-0.2, -0.15) is 4.98 Å². The second kappa shape index (κ2) is 9.78. The average Bonchev–Trinajstić information content (AvgIpc) is 3.37. The van der Waals surface area contributed by atoms with Crippen LogP contribution in [0.4, 0.5) is 5.88 Å². The fourth-order valence-corrected chi connectivity index (χ4v) is 4.97. The first-order chi connectivity index (χ1) is 17.5. The quantitative estimate of drug-likeness (QED) is 0.373. The summed E-state index contributed by atoms with van der Waals surface area (Å²) in [6.07, 6.45) is 3.33. The number of sulfone groups is 1. The van der Waals surface area contributed by atoms with Crippen LogP contribution in [-0.2, 0) is 16.4 Å². The summed E-state index contributed by atoms with van der Waals surface area (Å²) in [7, 11) is -1.06. The monoisotopic (exact) mass is 509 g/mol. The standard InChI is InChI=1S/C25H23N3O7S/c1-31-19-7-5-17(12-21(19)32-2)23-28-25(24(35-23)27-15-16-4-3-9-26-14-16)36(29,30)18-6-8-20-22(13-18)34-11-10-33-20/h3-9,12-14,27H,10-11,15H2,1-2H3. The molecule has 11 heteroatoms. The molecule has 0 aliphatic carbocycles. The molecule has 10 nitrogen and oxygen atoms in total. The lowest BCUT2D eigenvalue weighted by Crippen LogP contribution is -2.16. The highest BCUT2D eigenvalue weighted by atomic mass is 32.2. The van der Waals surface area contributed by atoms with Crippen molar-refractivity contribution in [1.82, 2.24) is 9.97 Å². The molecule has 0 fully saturated rings. The number of nitrogens with one attached hydrogen (secondary N) is 1. The van der Waals surface area contributed by atoms with Crippen LogP contribution in [0.1, 0.15) is 5.56 Å². The molecule has 0 saturated heterocycles. The lowest BCUT2D eigenvalue weighted by atomic mass is 10.2. The van der Waals surface area contributed by atoms with Crippen molar-refractivity contribution in [3.05, 3.63) is 66.5 Å². The van der Waals surface area contributed by atoms with Gasteiger partial charge in [0.1, 0.15) is 13.2 Å². The zero-order valence-electron chi connectivity index (χ0n) is 19.6. The first kappa shape index (κ1) is 23.5. The normalized spacial score (nSPS) is 12.7. The van der Waals surface area contributed by atoms with Crippen LogP contribution in [-0.4, -0.2) is 45.8 Å². The first-order valence-corrected chi connectivity index (χ1v) is 12.5. The summed E-state index contributed by atoms with van der Waals surface area (Å²) in [5.74, 6) is 1.91. The van der Waals surface area contributed by atoms with Crippen LogP contribution in [0, 0.1) is 0 Å². The van der Waals surface area contributed by atoms with Gasteiger partial charge in [0.05, 0.1) is 19.1 Å². The van der Waals surface area contributed by atoms with Crippen LogP contribution in [0.15, 0.2) is 75.3 Å². The van der Waals surface area contributed by atoms with Crippen LogP contribution >= 0.6 is 0 Å². The molecular weight excluding hydrogens is 486 g/mol. The molecule has 2 aromatic heterocycles. The summed E-state index contributed by atoms with van der Waals surface area (Å²) < 4.78 is 55.1. The Balaban J connectivity index is 1.57. The van der Waals surface area contributed by atoms with E-state index in [2.05, 4.69) is 15.3 Å². The number of aromatic nitrogens is 2. The van der Waals surface area contributed by atoms with Gasteiger partial charge in [-0.3, -0.25) is 4.98 Å². The molecule has 3 heterocycles. The number of hydrogen-bond acceptors (Lipinski definition) is 10. The van der Waals surface area contributed by atoms with E-state index in [-0.39, 0.29) is 28.2 Å². The number of methoxy groups -OCH3 is 2. The molecule has 186 valence electrons. The van der Waals surface area contributed by atoms with Gasteiger partial charge in [0.2, 0.25) is 26.6 Å². The van der Waals surface area contributed by atoms with Crippen molar-refractivity contribution in [1.29, 1.82) is 0 Å². The topological polar surface area (TPSA) is 122 Å². The molecule has 1 aliphatic rings. The minimum Gasteiger partial charge on any atom is -0.493 e. The summed E-state index contributed by atoms with van der Waals surface area (Å²) in [6.45, 7) is 1.01. The molecule has 4 aromatic rings. The summed E-state index contributed by atoms with van der Waals surface area (Å²) in [4.78, 5) is 8.47.